The highest BCUT2D eigenvalue weighted by atomic mass is 31.1. The van der Waals surface area contributed by atoms with Gasteiger partial charge in [0.2, 0.25) is 0 Å². The second-order valence-corrected chi connectivity index (χ2v) is 11.2. The lowest BCUT2D eigenvalue weighted by Gasteiger charge is -2.23. The van der Waals surface area contributed by atoms with Crippen molar-refractivity contribution in [2.75, 3.05) is 0 Å². The molecule has 3 aromatic carbocycles. The van der Waals surface area contributed by atoms with Gasteiger partial charge in [0.15, 0.2) is 0 Å². The smallest absolute Gasteiger partial charge is 0.0820 e. The molecule has 0 bridgehead atoms. The van der Waals surface area contributed by atoms with Crippen LogP contribution >= 0.6 is 7.53 Å². The SMILES string of the molecule is CCp1c2ccccc2c2ccnc(-c3cc(C(C)(C)C)c4ccccc4c3)c21. The van der Waals surface area contributed by atoms with Crippen LogP contribution in [0.1, 0.15) is 33.3 Å². The van der Waals surface area contributed by atoms with Gasteiger partial charge in [-0.2, -0.15) is 0 Å². The zero-order chi connectivity index (χ0) is 20.2. The number of pyridine rings is 1. The number of aryl methyl sites for hydroxylation is 1. The van der Waals surface area contributed by atoms with Crippen LogP contribution in [0.15, 0.2) is 72.9 Å². The third-order valence-electron chi connectivity index (χ3n) is 5.94. The second-order valence-electron chi connectivity index (χ2n) is 8.81. The van der Waals surface area contributed by atoms with Gasteiger partial charge < -0.3 is 0 Å². The highest BCUT2D eigenvalue weighted by Gasteiger charge is 2.21. The zero-order valence-electron chi connectivity index (χ0n) is 17.5. The Morgan fingerprint density at radius 1 is 0.828 bits per heavy atom. The third kappa shape index (κ3) is 2.88. The van der Waals surface area contributed by atoms with E-state index in [1.54, 1.807) is 0 Å². The Morgan fingerprint density at radius 3 is 2.31 bits per heavy atom. The van der Waals surface area contributed by atoms with Crippen LogP contribution in [0.3, 0.4) is 0 Å². The van der Waals surface area contributed by atoms with E-state index in [0.29, 0.717) is 0 Å². The largest absolute Gasteiger partial charge is 0.255 e. The number of fused-ring (bicyclic) bond motifs is 4. The van der Waals surface area contributed by atoms with E-state index in [0.717, 1.165) is 6.16 Å². The molecule has 0 amide bonds. The average Bonchev–Trinajstić information content (AvgIpc) is 3.06. The molecule has 29 heavy (non-hydrogen) atoms. The van der Waals surface area contributed by atoms with Crippen LogP contribution in [-0.2, 0) is 11.6 Å². The van der Waals surface area contributed by atoms with E-state index < -0.39 is 0 Å². The predicted molar refractivity (Wildman–Crippen MR) is 129 cm³/mol. The number of hydrogen-bond acceptors (Lipinski definition) is 1. The first-order chi connectivity index (χ1) is 14.0. The van der Waals surface area contributed by atoms with Gasteiger partial charge in [0.1, 0.15) is 0 Å². The molecule has 144 valence electrons. The van der Waals surface area contributed by atoms with E-state index in [2.05, 4.69) is 94.4 Å². The summed E-state index contributed by atoms with van der Waals surface area (Å²) in [5.74, 6) is 0. The summed E-state index contributed by atoms with van der Waals surface area (Å²) in [6.45, 7) is 9.22. The second kappa shape index (κ2) is 6.71. The lowest BCUT2D eigenvalue weighted by molar-refractivity contribution is 0.596. The fraction of sp³-hybridized carbons (Fsp3) is 0.222. The van der Waals surface area contributed by atoms with E-state index in [4.69, 9.17) is 4.98 Å². The first-order valence-corrected chi connectivity index (χ1v) is 11.9. The van der Waals surface area contributed by atoms with Gasteiger partial charge in [-0.15, -0.1) is 7.53 Å². The van der Waals surface area contributed by atoms with Crippen molar-refractivity contribution in [1.29, 1.82) is 0 Å². The molecule has 1 nitrogen and oxygen atoms in total. The highest BCUT2D eigenvalue weighted by Crippen LogP contribution is 2.52. The summed E-state index contributed by atoms with van der Waals surface area (Å²) < 4.78 is 0. The van der Waals surface area contributed by atoms with Gasteiger partial charge in [-0.25, -0.2) is 0 Å². The van der Waals surface area contributed by atoms with Gasteiger partial charge in [0.25, 0.3) is 0 Å². The fourth-order valence-electron chi connectivity index (χ4n) is 4.61. The van der Waals surface area contributed by atoms with Crippen LogP contribution < -0.4 is 0 Å². The van der Waals surface area contributed by atoms with Crippen LogP contribution in [0.5, 0.6) is 0 Å². The minimum Gasteiger partial charge on any atom is -0.255 e. The Morgan fingerprint density at radius 2 is 1.55 bits per heavy atom. The number of nitrogens with zero attached hydrogens (tertiary/aromatic N) is 1. The van der Waals surface area contributed by atoms with Gasteiger partial charge >= 0.3 is 0 Å². The van der Waals surface area contributed by atoms with Crippen molar-refractivity contribution in [3.05, 3.63) is 78.5 Å². The summed E-state index contributed by atoms with van der Waals surface area (Å²) in [6.07, 6.45) is 3.14. The van der Waals surface area contributed by atoms with Gasteiger partial charge in [0, 0.05) is 22.0 Å². The minimum atomic E-state index is -0.362. The molecule has 0 aliphatic rings. The molecule has 0 radical (unpaired) electrons. The maximum absolute atomic E-state index is 4.95. The van der Waals surface area contributed by atoms with Crippen molar-refractivity contribution >= 4 is 39.3 Å². The zero-order valence-corrected chi connectivity index (χ0v) is 18.4. The Kier molecular flexibility index (Phi) is 4.26. The summed E-state index contributed by atoms with van der Waals surface area (Å²) in [6, 6.07) is 24.6. The molecule has 1 unspecified atom stereocenters. The molecule has 2 heteroatoms. The van der Waals surface area contributed by atoms with Crippen LogP contribution in [0.4, 0.5) is 0 Å². The molecule has 0 aliphatic heterocycles. The molecule has 0 spiro atoms. The van der Waals surface area contributed by atoms with Crippen molar-refractivity contribution < 1.29 is 0 Å². The highest BCUT2D eigenvalue weighted by molar-refractivity contribution is 7.60. The van der Waals surface area contributed by atoms with Crippen molar-refractivity contribution in [3.63, 3.8) is 0 Å². The van der Waals surface area contributed by atoms with Gasteiger partial charge in [-0.3, -0.25) is 4.98 Å². The molecule has 0 saturated heterocycles. The normalized spacial score (nSPS) is 12.9. The first-order valence-electron chi connectivity index (χ1n) is 10.4. The van der Waals surface area contributed by atoms with Crippen molar-refractivity contribution in [3.8, 4) is 11.3 Å². The quantitative estimate of drug-likeness (QED) is 0.292. The number of rotatable bonds is 2. The number of benzene rings is 3. The molecule has 0 saturated carbocycles. The first kappa shape index (κ1) is 18.4. The molecule has 2 heterocycles. The summed E-state index contributed by atoms with van der Waals surface area (Å²) in [4.78, 5) is 4.95. The molecule has 1 atom stereocenters. The van der Waals surface area contributed by atoms with Gasteiger partial charge in [0.05, 0.1) is 5.69 Å². The number of aromatic nitrogens is 1. The van der Waals surface area contributed by atoms with Crippen LogP contribution in [-0.4, -0.2) is 4.98 Å². The van der Waals surface area contributed by atoms with Gasteiger partial charge in [-0.1, -0.05) is 76.2 Å². The summed E-state index contributed by atoms with van der Waals surface area (Å²) >= 11 is 0. The molecule has 5 aromatic rings. The fourth-order valence-corrected chi connectivity index (χ4v) is 7.19. The maximum atomic E-state index is 4.95. The topological polar surface area (TPSA) is 12.9 Å². The molecule has 0 aliphatic carbocycles. The minimum absolute atomic E-state index is 0.0754. The lowest BCUT2D eigenvalue weighted by Crippen LogP contribution is -2.12. The average molecular weight is 395 g/mol. The molecule has 0 N–H and O–H groups in total. The summed E-state index contributed by atoms with van der Waals surface area (Å²) in [5, 5.41) is 8.38. The van der Waals surface area contributed by atoms with Crippen molar-refractivity contribution in [2.45, 2.75) is 39.3 Å². The summed E-state index contributed by atoms with van der Waals surface area (Å²) in [7, 11) is -0.362. The molecule has 5 rings (SSSR count). The standard InChI is InChI=1S/C27H26NP/c1-5-29-24-13-9-8-12-21(24)22-14-15-28-25(26(22)29)19-16-18-10-6-7-11-20(18)23(17-19)27(2,3)4/h6-17H,5H2,1-4H3. The monoisotopic (exact) mass is 395 g/mol. The van der Waals surface area contributed by atoms with E-state index in [9.17, 15) is 0 Å². The Bertz CT molecular complexity index is 1370. The third-order valence-corrected chi connectivity index (χ3v) is 8.54. The van der Waals surface area contributed by atoms with E-state index >= 15 is 0 Å². The van der Waals surface area contributed by atoms with Gasteiger partial charge in [-0.05, 0) is 56.9 Å². The molecular formula is C27H26NP. The Balaban J connectivity index is 1.91. The van der Waals surface area contributed by atoms with Crippen LogP contribution in [0, 0.1) is 0 Å². The van der Waals surface area contributed by atoms with Crippen LogP contribution in [0.2, 0.25) is 0 Å². The van der Waals surface area contributed by atoms with Crippen molar-refractivity contribution in [2.24, 2.45) is 0 Å². The van der Waals surface area contributed by atoms with E-state index in [-0.39, 0.29) is 12.9 Å². The molecular weight excluding hydrogens is 369 g/mol. The lowest BCUT2D eigenvalue weighted by atomic mass is 9.82. The van der Waals surface area contributed by atoms with E-state index in [1.165, 1.54) is 48.6 Å². The molecule has 2 aromatic heterocycles. The predicted octanol–water partition coefficient (Wildman–Crippen LogP) is 8.51. The summed E-state index contributed by atoms with van der Waals surface area (Å²) in [5.41, 5.74) is 3.88. The van der Waals surface area contributed by atoms with Crippen LogP contribution in [0.25, 0.3) is 43.0 Å². The number of hydrogen-bond donors (Lipinski definition) is 0. The van der Waals surface area contributed by atoms with E-state index in [1.807, 2.05) is 6.20 Å². The maximum Gasteiger partial charge on any atom is 0.0820 e. The Labute approximate surface area is 173 Å². The Hall–Kier alpha value is -2.63. The van der Waals surface area contributed by atoms with Crippen molar-refractivity contribution in [1.82, 2.24) is 4.98 Å². The molecule has 0 fully saturated rings.